The van der Waals surface area contributed by atoms with Crippen molar-refractivity contribution in [3.8, 4) is 0 Å². The van der Waals surface area contributed by atoms with Gasteiger partial charge in [-0.2, -0.15) is 0 Å². The van der Waals surface area contributed by atoms with Crippen LogP contribution in [0.3, 0.4) is 0 Å². The first kappa shape index (κ1) is 10.5. The maximum atomic E-state index is 12.2. The summed E-state index contributed by atoms with van der Waals surface area (Å²) in [5.74, 6) is 0. The summed E-state index contributed by atoms with van der Waals surface area (Å²) in [5.41, 5.74) is -0.220. The molecule has 1 rings (SSSR count). The van der Waals surface area contributed by atoms with Crippen LogP contribution in [0.5, 0.6) is 0 Å². The average Bonchev–Trinajstić information content (AvgIpc) is 1.96. The van der Waals surface area contributed by atoms with E-state index in [9.17, 15) is 8.78 Å². The van der Waals surface area contributed by atoms with Crippen LogP contribution in [0.2, 0.25) is 10.0 Å². The van der Waals surface area contributed by atoms with Crippen molar-refractivity contribution in [1.82, 2.24) is 0 Å². The zero-order chi connectivity index (χ0) is 9.30. The van der Waals surface area contributed by atoms with E-state index in [1.165, 1.54) is 12.1 Å². The van der Waals surface area contributed by atoms with Crippen molar-refractivity contribution in [1.29, 1.82) is 0 Å². The molecule has 0 atom stereocenters. The molecule has 0 N–H and O–H groups in total. The molecule has 0 radical (unpaired) electrons. The number of alkyl halides is 2. The lowest BCUT2D eigenvalue weighted by Crippen LogP contribution is -1.87. The summed E-state index contributed by atoms with van der Waals surface area (Å²) in [6, 6.07) is 2.61. The molecule has 66 valence electrons. The SMILES string of the molecule is FC(F)c1cc(Cl)c(I)cc1Cl. The molecule has 1 aromatic carbocycles. The number of rotatable bonds is 1. The first-order valence-electron chi connectivity index (χ1n) is 2.95. The Kier molecular flexibility index (Phi) is 3.55. The predicted molar refractivity (Wildman–Crippen MR) is 54.1 cm³/mol. The largest absolute Gasteiger partial charge is 0.265 e. The zero-order valence-electron chi connectivity index (χ0n) is 5.62. The Morgan fingerprint density at radius 2 is 1.75 bits per heavy atom. The van der Waals surface area contributed by atoms with Gasteiger partial charge in [0.2, 0.25) is 0 Å². The summed E-state index contributed by atoms with van der Waals surface area (Å²) in [7, 11) is 0. The van der Waals surface area contributed by atoms with Crippen LogP contribution in [0.15, 0.2) is 12.1 Å². The second kappa shape index (κ2) is 4.07. The van der Waals surface area contributed by atoms with Crippen molar-refractivity contribution in [2.24, 2.45) is 0 Å². The van der Waals surface area contributed by atoms with Gasteiger partial charge in [-0.15, -0.1) is 0 Å². The topological polar surface area (TPSA) is 0 Å². The fraction of sp³-hybridized carbons (Fsp3) is 0.143. The summed E-state index contributed by atoms with van der Waals surface area (Å²) in [5, 5.41) is 0.356. The van der Waals surface area contributed by atoms with E-state index in [0.29, 0.717) is 8.59 Å². The first-order valence-corrected chi connectivity index (χ1v) is 4.78. The lowest BCUT2D eigenvalue weighted by molar-refractivity contribution is 0.151. The summed E-state index contributed by atoms with van der Waals surface area (Å²) < 4.78 is 25.1. The maximum Gasteiger partial charge on any atom is 0.265 e. The van der Waals surface area contributed by atoms with Crippen LogP contribution in [0.1, 0.15) is 12.0 Å². The van der Waals surface area contributed by atoms with Crippen molar-refractivity contribution in [2.45, 2.75) is 6.43 Å². The third-order valence-corrected chi connectivity index (χ3v) is 3.13. The number of hydrogen-bond donors (Lipinski definition) is 0. The van der Waals surface area contributed by atoms with E-state index in [-0.39, 0.29) is 10.6 Å². The van der Waals surface area contributed by atoms with E-state index in [1.807, 2.05) is 22.6 Å². The monoisotopic (exact) mass is 322 g/mol. The fourth-order valence-electron chi connectivity index (χ4n) is 0.705. The van der Waals surface area contributed by atoms with Gasteiger partial charge in [-0.3, -0.25) is 0 Å². The number of benzene rings is 1. The quantitative estimate of drug-likeness (QED) is 0.526. The van der Waals surface area contributed by atoms with Gasteiger partial charge in [0.1, 0.15) is 0 Å². The molecular formula is C7H3Cl2F2I. The first-order chi connectivity index (χ1) is 5.52. The lowest BCUT2D eigenvalue weighted by atomic mass is 10.2. The summed E-state index contributed by atoms with van der Waals surface area (Å²) >= 11 is 13.1. The highest BCUT2D eigenvalue weighted by Crippen LogP contribution is 2.32. The van der Waals surface area contributed by atoms with Gasteiger partial charge in [0.15, 0.2) is 0 Å². The highest BCUT2D eigenvalue weighted by Gasteiger charge is 2.13. The molecule has 0 saturated heterocycles. The molecule has 0 spiro atoms. The van der Waals surface area contributed by atoms with Gasteiger partial charge < -0.3 is 0 Å². The Hall–Kier alpha value is 0.390. The van der Waals surface area contributed by atoms with E-state index in [0.717, 1.165) is 0 Å². The van der Waals surface area contributed by atoms with Crippen LogP contribution in [-0.4, -0.2) is 0 Å². The minimum atomic E-state index is -2.58. The molecule has 0 aliphatic rings. The number of hydrogen-bond acceptors (Lipinski definition) is 0. The van der Waals surface area contributed by atoms with Gasteiger partial charge in [-0.1, -0.05) is 23.2 Å². The van der Waals surface area contributed by atoms with Gasteiger partial charge >= 0.3 is 0 Å². The molecule has 0 heterocycles. The molecule has 0 fully saturated rings. The normalized spacial score (nSPS) is 10.8. The molecule has 0 aliphatic carbocycles. The van der Waals surface area contributed by atoms with Crippen molar-refractivity contribution in [3.63, 3.8) is 0 Å². The van der Waals surface area contributed by atoms with Gasteiger partial charge in [0, 0.05) is 9.13 Å². The molecule has 5 heteroatoms. The third kappa shape index (κ3) is 2.20. The van der Waals surface area contributed by atoms with E-state index >= 15 is 0 Å². The molecule has 0 amide bonds. The second-order valence-corrected chi connectivity index (χ2v) is 4.07. The summed E-state index contributed by atoms with van der Waals surface area (Å²) in [6.07, 6.45) is -2.58. The van der Waals surface area contributed by atoms with Crippen molar-refractivity contribution >= 4 is 45.8 Å². The van der Waals surface area contributed by atoms with Crippen LogP contribution < -0.4 is 0 Å². The third-order valence-electron chi connectivity index (χ3n) is 1.27. The smallest absolute Gasteiger partial charge is 0.205 e. The van der Waals surface area contributed by atoms with Crippen LogP contribution in [0.25, 0.3) is 0 Å². The average molecular weight is 323 g/mol. The van der Waals surface area contributed by atoms with Crippen molar-refractivity contribution in [3.05, 3.63) is 31.3 Å². The maximum absolute atomic E-state index is 12.2. The zero-order valence-corrected chi connectivity index (χ0v) is 9.29. The molecule has 12 heavy (non-hydrogen) atoms. The number of halogens is 5. The van der Waals surface area contributed by atoms with Gasteiger partial charge in [0.25, 0.3) is 6.43 Å². The van der Waals surface area contributed by atoms with E-state index in [4.69, 9.17) is 23.2 Å². The molecule has 0 aliphatic heterocycles. The standard InChI is InChI=1S/C7H3Cl2F2I/c8-4-2-6(12)5(9)1-3(4)7(10)11/h1-2,7H. The molecular weight excluding hydrogens is 320 g/mol. The van der Waals surface area contributed by atoms with Crippen LogP contribution >= 0.6 is 45.8 Å². The Morgan fingerprint density at radius 3 is 2.25 bits per heavy atom. The van der Waals surface area contributed by atoms with E-state index < -0.39 is 6.43 Å². The van der Waals surface area contributed by atoms with E-state index in [1.54, 1.807) is 0 Å². The van der Waals surface area contributed by atoms with Gasteiger partial charge in [-0.25, -0.2) is 8.78 Å². The molecule has 0 bridgehead atoms. The second-order valence-electron chi connectivity index (χ2n) is 2.09. The fourth-order valence-corrected chi connectivity index (χ4v) is 1.77. The highest BCUT2D eigenvalue weighted by molar-refractivity contribution is 14.1. The van der Waals surface area contributed by atoms with Gasteiger partial charge in [0.05, 0.1) is 10.0 Å². The minimum absolute atomic E-state index is 0.0544. The lowest BCUT2D eigenvalue weighted by Gasteiger charge is -2.04. The van der Waals surface area contributed by atoms with Crippen LogP contribution in [0, 0.1) is 3.57 Å². The molecule has 0 nitrogen and oxygen atoms in total. The summed E-state index contributed by atoms with van der Waals surface area (Å²) in [4.78, 5) is 0. The van der Waals surface area contributed by atoms with Crippen molar-refractivity contribution in [2.75, 3.05) is 0 Å². The van der Waals surface area contributed by atoms with E-state index in [2.05, 4.69) is 0 Å². The molecule has 0 unspecified atom stereocenters. The molecule has 0 aromatic heterocycles. The predicted octanol–water partition coefficient (Wildman–Crippen LogP) is 4.54. The van der Waals surface area contributed by atoms with Crippen LogP contribution in [-0.2, 0) is 0 Å². The van der Waals surface area contributed by atoms with Crippen LogP contribution in [0.4, 0.5) is 8.78 Å². The Morgan fingerprint density at radius 1 is 1.17 bits per heavy atom. The molecule has 1 aromatic rings. The Balaban J connectivity index is 3.23. The summed E-state index contributed by atoms with van der Waals surface area (Å²) in [6.45, 7) is 0. The van der Waals surface area contributed by atoms with Gasteiger partial charge in [-0.05, 0) is 34.7 Å². The highest BCUT2D eigenvalue weighted by atomic mass is 127. The molecule has 0 saturated carbocycles. The Labute approximate surface area is 92.0 Å². The van der Waals surface area contributed by atoms with Crippen molar-refractivity contribution < 1.29 is 8.78 Å². The minimum Gasteiger partial charge on any atom is -0.205 e. The Bertz CT molecular complexity index is 302.